The molecule has 0 unspecified atom stereocenters. The van der Waals surface area contributed by atoms with Crippen molar-refractivity contribution in [2.24, 2.45) is 0 Å². The van der Waals surface area contributed by atoms with E-state index in [0.717, 1.165) is 11.3 Å². The molecule has 174 valence electrons. The average molecular weight is 501 g/mol. The molecule has 0 radical (unpaired) electrons. The zero-order chi connectivity index (χ0) is 24.1. The summed E-state index contributed by atoms with van der Waals surface area (Å²) in [7, 11) is 3.09. The summed E-state index contributed by atoms with van der Waals surface area (Å²) in [6.45, 7) is -0.0351. The second-order valence-electron chi connectivity index (χ2n) is 6.83. The minimum atomic E-state index is -0.443. The van der Waals surface area contributed by atoms with Crippen molar-refractivity contribution in [3.8, 4) is 28.6 Å². The standard InChI is InChI=1S/C23H18Cl2N4O5/c1-31-15-6-3-13(4-7-15)22-27-20(34-29-22)12-33-19-9-14(5-8-18(19)32-2)23(30)28-21-16(24)10-26-11-17(21)25/h3-11H,12H2,1-2H3,(H,26,28,30). The fourth-order valence-electron chi connectivity index (χ4n) is 2.96. The first-order chi connectivity index (χ1) is 16.5. The van der Waals surface area contributed by atoms with Crippen LogP contribution in [0, 0.1) is 0 Å². The number of amides is 1. The fourth-order valence-corrected chi connectivity index (χ4v) is 3.42. The number of nitrogens with zero attached hydrogens (tertiary/aromatic N) is 3. The Morgan fingerprint density at radius 3 is 2.41 bits per heavy atom. The molecule has 4 aromatic rings. The van der Waals surface area contributed by atoms with Crippen molar-refractivity contribution < 1.29 is 23.5 Å². The van der Waals surface area contributed by atoms with Gasteiger partial charge in [0.05, 0.1) is 30.0 Å². The van der Waals surface area contributed by atoms with Crippen molar-refractivity contribution in [1.29, 1.82) is 0 Å². The van der Waals surface area contributed by atoms with Crippen LogP contribution in [0.15, 0.2) is 59.4 Å². The Balaban J connectivity index is 1.48. The van der Waals surface area contributed by atoms with E-state index in [2.05, 4.69) is 20.4 Å². The number of hydrogen-bond acceptors (Lipinski definition) is 8. The topological polar surface area (TPSA) is 109 Å². The first-order valence-corrected chi connectivity index (χ1v) is 10.6. The SMILES string of the molecule is COc1ccc(-c2noc(COc3cc(C(=O)Nc4c(Cl)cncc4Cl)ccc3OC)n2)cc1. The summed E-state index contributed by atoms with van der Waals surface area (Å²) in [6, 6.07) is 12.0. The second-order valence-corrected chi connectivity index (χ2v) is 7.64. The predicted octanol–water partition coefficient (Wildman–Crippen LogP) is 5.29. The van der Waals surface area contributed by atoms with Crippen LogP contribution in [-0.4, -0.2) is 35.3 Å². The highest BCUT2D eigenvalue weighted by Gasteiger charge is 2.16. The molecule has 0 aliphatic carbocycles. The summed E-state index contributed by atoms with van der Waals surface area (Å²) in [4.78, 5) is 21.0. The monoisotopic (exact) mass is 500 g/mol. The number of ether oxygens (including phenoxy) is 3. The number of benzene rings is 2. The summed E-state index contributed by atoms with van der Waals surface area (Å²) in [5, 5.41) is 7.08. The smallest absolute Gasteiger partial charge is 0.264 e. The average Bonchev–Trinajstić information content (AvgIpc) is 3.34. The quantitative estimate of drug-likeness (QED) is 0.347. The number of anilines is 1. The summed E-state index contributed by atoms with van der Waals surface area (Å²) in [6.07, 6.45) is 2.77. The Morgan fingerprint density at radius 2 is 1.74 bits per heavy atom. The minimum absolute atomic E-state index is 0.0351. The number of methoxy groups -OCH3 is 2. The van der Waals surface area contributed by atoms with Crippen molar-refractivity contribution >= 4 is 34.8 Å². The van der Waals surface area contributed by atoms with Crippen LogP contribution in [0.1, 0.15) is 16.2 Å². The number of aromatic nitrogens is 3. The van der Waals surface area contributed by atoms with E-state index in [4.69, 9.17) is 41.9 Å². The molecule has 0 spiro atoms. The molecule has 0 saturated heterocycles. The Bertz CT molecular complexity index is 1290. The van der Waals surface area contributed by atoms with Crippen molar-refractivity contribution in [1.82, 2.24) is 15.1 Å². The molecule has 0 saturated carbocycles. The van der Waals surface area contributed by atoms with Crippen molar-refractivity contribution in [3.05, 3.63) is 76.4 Å². The van der Waals surface area contributed by atoms with Gasteiger partial charge in [-0.15, -0.1) is 0 Å². The van der Waals surface area contributed by atoms with Crippen LogP contribution in [0.4, 0.5) is 5.69 Å². The molecule has 1 N–H and O–H groups in total. The van der Waals surface area contributed by atoms with E-state index < -0.39 is 5.91 Å². The molecule has 11 heteroatoms. The molecule has 34 heavy (non-hydrogen) atoms. The number of hydrogen-bond donors (Lipinski definition) is 1. The molecule has 2 aromatic heterocycles. The molecule has 0 fully saturated rings. The van der Waals surface area contributed by atoms with Crippen LogP contribution in [0.3, 0.4) is 0 Å². The zero-order valence-corrected chi connectivity index (χ0v) is 19.6. The summed E-state index contributed by atoms with van der Waals surface area (Å²) in [5.74, 6) is 1.67. The van der Waals surface area contributed by atoms with E-state index in [-0.39, 0.29) is 28.2 Å². The van der Waals surface area contributed by atoms with Gasteiger partial charge in [-0.2, -0.15) is 4.98 Å². The number of carbonyl (C=O) groups excluding carboxylic acids is 1. The minimum Gasteiger partial charge on any atom is -0.497 e. The number of rotatable bonds is 8. The lowest BCUT2D eigenvalue weighted by Gasteiger charge is -2.12. The van der Waals surface area contributed by atoms with Gasteiger partial charge in [0, 0.05) is 23.5 Å². The van der Waals surface area contributed by atoms with Crippen LogP contribution < -0.4 is 19.5 Å². The highest BCUT2D eigenvalue weighted by atomic mass is 35.5. The molecule has 0 bridgehead atoms. The van der Waals surface area contributed by atoms with Crippen LogP contribution in [0.5, 0.6) is 17.2 Å². The van der Waals surface area contributed by atoms with Crippen molar-refractivity contribution in [2.75, 3.05) is 19.5 Å². The number of nitrogens with one attached hydrogen (secondary N) is 1. The number of pyridine rings is 1. The van der Waals surface area contributed by atoms with E-state index >= 15 is 0 Å². The van der Waals surface area contributed by atoms with Gasteiger partial charge >= 0.3 is 0 Å². The molecule has 0 aliphatic heterocycles. The first kappa shape index (κ1) is 23.3. The van der Waals surface area contributed by atoms with Gasteiger partial charge < -0.3 is 24.1 Å². The Hall–Kier alpha value is -3.82. The Kier molecular flexibility index (Phi) is 7.15. The first-order valence-electron chi connectivity index (χ1n) is 9.86. The normalized spacial score (nSPS) is 10.6. The van der Waals surface area contributed by atoms with Crippen molar-refractivity contribution in [2.45, 2.75) is 6.61 Å². The molecular formula is C23H18Cl2N4O5. The number of carbonyl (C=O) groups is 1. The van der Waals surface area contributed by atoms with Gasteiger partial charge in [-0.25, -0.2) is 0 Å². The lowest BCUT2D eigenvalue weighted by atomic mass is 10.2. The van der Waals surface area contributed by atoms with Gasteiger partial charge in [-0.1, -0.05) is 28.4 Å². The van der Waals surface area contributed by atoms with E-state index in [1.165, 1.54) is 25.6 Å². The van der Waals surface area contributed by atoms with Gasteiger partial charge in [0.1, 0.15) is 5.75 Å². The lowest BCUT2D eigenvalue weighted by Crippen LogP contribution is -2.13. The van der Waals surface area contributed by atoms with Gasteiger partial charge in [0.25, 0.3) is 11.8 Å². The van der Waals surface area contributed by atoms with Gasteiger partial charge in [0.2, 0.25) is 5.82 Å². The maximum absolute atomic E-state index is 12.8. The Labute approximate surface area is 204 Å². The second kappa shape index (κ2) is 10.4. The van der Waals surface area contributed by atoms with Crippen LogP contribution in [0.25, 0.3) is 11.4 Å². The van der Waals surface area contributed by atoms with E-state index in [1.54, 1.807) is 31.4 Å². The predicted molar refractivity (Wildman–Crippen MR) is 126 cm³/mol. The summed E-state index contributed by atoms with van der Waals surface area (Å²) >= 11 is 12.2. The van der Waals surface area contributed by atoms with Gasteiger partial charge in [-0.3, -0.25) is 9.78 Å². The molecule has 4 rings (SSSR count). The molecule has 2 aromatic carbocycles. The largest absolute Gasteiger partial charge is 0.497 e. The van der Waals surface area contributed by atoms with Crippen LogP contribution >= 0.6 is 23.2 Å². The van der Waals surface area contributed by atoms with Gasteiger partial charge in [0.15, 0.2) is 18.1 Å². The molecule has 0 aliphatic rings. The highest BCUT2D eigenvalue weighted by Crippen LogP contribution is 2.32. The molecule has 2 heterocycles. The molecule has 1 amide bonds. The maximum Gasteiger partial charge on any atom is 0.264 e. The summed E-state index contributed by atoms with van der Waals surface area (Å²) in [5.41, 5.74) is 1.32. The van der Waals surface area contributed by atoms with Crippen LogP contribution in [-0.2, 0) is 6.61 Å². The fraction of sp³-hybridized carbons (Fsp3) is 0.130. The van der Waals surface area contributed by atoms with E-state index in [0.29, 0.717) is 22.9 Å². The van der Waals surface area contributed by atoms with Crippen LogP contribution in [0.2, 0.25) is 10.0 Å². The zero-order valence-electron chi connectivity index (χ0n) is 18.0. The summed E-state index contributed by atoms with van der Waals surface area (Å²) < 4.78 is 21.6. The third-order valence-corrected chi connectivity index (χ3v) is 5.26. The highest BCUT2D eigenvalue weighted by molar-refractivity contribution is 6.39. The third kappa shape index (κ3) is 5.22. The number of halogens is 2. The molecular weight excluding hydrogens is 483 g/mol. The Morgan fingerprint density at radius 1 is 1.00 bits per heavy atom. The van der Waals surface area contributed by atoms with Crippen molar-refractivity contribution in [3.63, 3.8) is 0 Å². The maximum atomic E-state index is 12.8. The molecule has 0 atom stereocenters. The van der Waals surface area contributed by atoms with E-state index in [9.17, 15) is 4.79 Å². The van der Waals surface area contributed by atoms with E-state index in [1.807, 2.05) is 12.1 Å². The lowest BCUT2D eigenvalue weighted by molar-refractivity contribution is 0.102. The third-order valence-electron chi connectivity index (χ3n) is 4.69. The van der Waals surface area contributed by atoms with Gasteiger partial charge in [-0.05, 0) is 42.5 Å². The molecule has 9 nitrogen and oxygen atoms in total.